The fourth-order valence-corrected chi connectivity index (χ4v) is 2.56. The molecule has 0 unspecified atom stereocenters. The second-order valence-corrected chi connectivity index (χ2v) is 5.40. The molecule has 0 aliphatic rings. The number of rotatable bonds is 2. The first-order valence-corrected chi connectivity index (χ1v) is 6.74. The summed E-state index contributed by atoms with van der Waals surface area (Å²) in [4.78, 5) is 4.15. The number of nitrogens with two attached hydrogens (primary N) is 1. The van der Waals surface area contributed by atoms with Crippen molar-refractivity contribution in [2.24, 2.45) is 0 Å². The highest BCUT2D eigenvalue weighted by Crippen LogP contribution is 2.34. The number of alkyl halides is 3. The molecule has 0 saturated carbocycles. The van der Waals surface area contributed by atoms with E-state index in [9.17, 15) is 13.2 Å². The smallest absolute Gasteiger partial charge is 0.396 e. The van der Waals surface area contributed by atoms with Crippen molar-refractivity contribution in [2.75, 3.05) is 5.73 Å². The molecular formula is C11H8BrF3N6O. The van der Waals surface area contributed by atoms with E-state index in [0.717, 1.165) is 4.68 Å². The van der Waals surface area contributed by atoms with E-state index in [1.54, 1.807) is 6.92 Å². The molecule has 0 fully saturated rings. The highest BCUT2D eigenvalue weighted by molar-refractivity contribution is 9.10. The van der Waals surface area contributed by atoms with Gasteiger partial charge in [-0.05, 0) is 33.2 Å². The number of fused-ring (bicyclic) bond motifs is 1. The molecule has 0 atom stereocenters. The molecule has 3 aromatic rings. The van der Waals surface area contributed by atoms with Gasteiger partial charge in [0.25, 0.3) is 0 Å². The summed E-state index contributed by atoms with van der Waals surface area (Å²) >= 11 is 2.85. The standard InChI is InChI=1S/C11H8BrF3N6O/c1-4-5(7(16)8-10(17-4)20-22-19-8)2-21-3-6(12)9(18-21)11(13,14)15/h3H,2,16H2,1H3. The lowest BCUT2D eigenvalue weighted by Crippen LogP contribution is -2.11. The second-order valence-electron chi connectivity index (χ2n) is 4.55. The topological polar surface area (TPSA) is 95.6 Å². The molecule has 3 aromatic heterocycles. The van der Waals surface area contributed by atoms with Crippen LogP contribution in [-0.4, -0.2) is 25.1 Å². The van der Waals surface area contributed by atoms with Gasteiger partial charge in [0.05, 0.1) is 16.7 Å². The monoisotopic (exact) mass is 376 g/mol. The molecule has 0 spiro atoms. The number of aromatic nitrogens is 5. The van der Waals surface area contributed by atoms with Gasteiger partial charge in [0.2, 0.25) is 5.65 Å². The lowest BCUT2D eigenvalue weighted by molar-refractivity contribution is -0.142. The highest BCUT2D eigenvalue weighted by atomic mass is 79.9. The molecule has 0 aromatic carbocycles. The molecule has 7 nitrogen and oxygen atoms in total. The number of nitrogen functional groups attached to an aromatic ring is 1. The number of anilines is 1. The van der Waals surface area contributed by atoms with Crippen molar-refractivity contribution in [2.45, 2.75) is 19.6 Å². The first-order chi connectivity index (χ1) is 10.3. The first kappa shape index (κ1) is 14.8. The molecule has 0 radical (unpaired) electrons. The lowest BCUT2D eigenvalue weighted by Gasteiger charge is -2.08. The Morgan fingerprint density at radius 2 is 2.09 bits per heavy atom. The van der Waals surface area contributed by atoms with Crippen molar-refractivity contribution in [1.29, 1.82) is 0 Å². The molecule has 2 N–H and O–H groups in total. The Morgan fingerprint density at radius 3 is 2.73 bits per heavy atom. The first-order valence-electron chi connectivity index (χ1n) is 5.94. The second kappa shape index (κ2) is 4.93. The van der Waals surface area contributed by atoms with E-state index in [0.29, 0.717) is 11.3 Å². The van der Waals surface area contributed by atoms with Crippen LogP contribution < -0.4 is 5.73 Å². The van der Waals surface area contributed by atoms with Crippen LogP contribution in [0, 0.1) is 6.92 Å². The number of halogens is 4. The minimum Gasteiger partial charge on any atom is -0.396 e. The Labute approximate surface area is 129 Å². The number of hydrogen-bond acceptors (Lipinski definition) is 6. The van der Waals surface area contributed by atoms with Crippen molar-refractivity contribution in [1.82, 2.24) is 25.1 Å². The van der Waals surface area contributed by atoms with Crippen LogP contribution in [-0.2, 0) is 12.7 Å². The maximum Gasteiger partial charge on any atom is 0.436 e. The fourth-order valence-electron chi connectivity index (χ4n) is 2.02. The average Bonchev–Trinajstić information content (AvgIpc) is 3.00. The third-order valence-electron chi connectivity index (χ3n) is 3.07. The molecule has 116 valence electrons. The maximum absolute atomic E-state index is 12.8. The van der Waals surface area contributed by atoms with Gasteiger partial charge in [-0.25, -0.2) is 9.61 Å². The fraction of sp³-hybridized carbons (Fsp3) is 0.273. The Bertz CT molecular complexity index is 855. The van der Waals surface area contributed by atoms with Crippen LogP contribution in [0.25, 0.3) is 11.2 Å². The maximum atomic E-state index is 12.8. The van der Waals surface area contributed by atoms with Crippen LogP contribution in [0.3, 0.4) is 0 Å². The molecule has 0 saturated heterocycles. The van der Waals surface area contributed by atoms with Gasteiger partial charge in [-0.3, -0.25) is 4.68 Å². The van der Waals surface area contributed by atoms with Crippen molar-refractivity contribution in [3.05, 3.63) is 27.6 Å². The van der Waals surface area contributed by atoms with Gasteiger partial charge in [-0.2, -0.15) is 18.3 Å². The molecule has 3 heterocycles. The number of pyridine rings is 1. The van der Waals surface area contributed by atoms with Crippen molar-refractivity contribution in [3.63, 3.8) is 0 Å². The molecular weight excluding hydrogens is 369 g/mol. The van der Waals surface area contributed by atoms with Crippen LogP contribution in [0.1, 0.15) is 17.0 Å². The normalized spacial score (nSPS) is 12.2. The van der Waals surface area contributed by atoms with E-state index in [1.807, 2.05) is 0 Å². The summed E-state index contributed by atoms with van der Waals surface area (Å²) in [7, 11) is 0. The van der Waals surface area contributed by atoms with Gasteiger partial charge in [-0.1, -0.05) is 0 Å². The molecule has 0 aliphatic heterocycles. The minimum atomic E-state index is -4.54. The SMILES string of the molecule is Cc1nc2nonc2c(N)c1Cn1cc(Br)c(C(F)(F)F)n1. The summed E-state index contributed by atoms with van der Waals surface area (Å²) in [6.45, 7) is 1.69. The number of nitrogens with zero attached hydrogens (tertiary/aromatic N) is 5. The molecule has 22 heavy (non-hydrogen) atoms. The largest absolute Gasteiger partial charge is 0.436 e. The summed E-state index contributed by atoms with van der Waals surface area (Å²) < 4.78 is 43.8. The predicted octanol–water partition coefficient (Wildman–Crippen LogP) is 2.53. The molecule has 0 aliphatic carbocycles. The van der Waals surface area contributed by atoms with E-state index in [1.165, 1.54) is 6.20 Å². The van der Waals surface area contributed by atoms with E-state index >= 15 is 0 Å². The summed E-state index contributed by atoms with van der Waals surface area (Å²) in [6, 6.07) is 0. The van der Waals surface area contributed by atoms with Gasteiger partial charge in [0.1, 0.15) is 0 Å². The Morgan fingerprint density at radius 1 is 1.36 bits per heavy atom. The van der Waals surface area contributed by atoms with E-state index in [2.05, 4.69) is 41.0 Å². The summed E-state index contributed by atoms with van der Waals surface area (Å²) in [5.41, 5.74) is 6.75. The van der Waals surface area contributed by atoms with Crippen molar-refractivity contribution < 1.29 is 17.8 Å². The summed E-state index contributed by atoms with van der Waals surface area (Å²) in [6.07, 6.45) is -3.31. The van der Waals surface area contributed by atoms with Gasteiger partial charge in [0.15, 0.2) is 11.2 Å². The number of hydrogen-bond donors (Lipinski definition) is 1. The Kier molecular flexibility index (Phi) is 3.31. The zero-order valence-corrected chi connectivity index (χ0v) is 12.6. The third kappa shape index (κ3) is 2.40. The van der Waals surface area contributed by atoms with E-state index < -0.39 is 11.9 Å². The van der Waals surface area contributed by atoms with Crippen LogP contribution in [0.2, 0.25) is 0 Å². The Balaban J connectivity index is 2.03. The summed E-state index contributed by atoms with van der Waals surface area (Å²) in [5, 5.41) is 10.7. The highest BCUT2D eigenvalue weighted by Gasteiger charge is 2.36. The van der Waals surface area contributed by atoms with Crippen molar-refractivity contribution >= 4 is 32.8 Å². The van der Waals surface area contributed by atoms with Gasteiger partial charge >= 0.3 is 6.18 Å². The van der Waals surface area contributed by atoms with Crippen LogP contribution in [0.4, 0.5) is 18.9 Å². The number of aryl methyl sites for hydroxylation is 1. The molecule has 3 rings (SSSR count). The van der Waals surface area contributed by atoms with Crippen LogP contribution in [0.15, 0.2) is 15.3 Å². The zero-order valence-electron chi connectivity index (χ0n) is 11.0. The Hall–Kier alpha value is -2.17. The van der Waals surface area contributed by atoms with Gasteiger partial charge in [-0.15, -0.1) is 0 Å². The average molecular weight is 377 g/mol. The quantitative estimate of drug-likeness (QED) is 0.738. The molecule has 0 amide bonds. The minimum absolute atomic E-state index is 0.0160. The zero-order chi connectivity index (χ0) is 16.1. The van der Waals surface area contributed by atoms with E-state index in [-0.39, 0.29) is 27.9 Å². The summed E-state index contributed by atoms with van der Waals surface area (Å²) in [5.74, 6) is 0. The van der Waals surface area contributed by atoms with Gasteiger partial charge in [0, 0.05) is 17.5 Å². The predicted molar refractivity (Wildman–Crippen MR) is 72.8 cm³/mol. The van der Waals surface area contributed by atoms with E-state index in [4.69, 9.17) is 5.73 Å². The van der Waals surface area contributed by atoms with Gasteiger partial charge < -0.3 is 5.73 Å². The van der Waals surface area contributed by atoms with Crippen LogP contribution >= 0.6 is 15.9 Å². The molecule has 11 heteroatoms. The molecule has 0 bridgehead atoms. The van der Waals surface area contributed by atoms with Crippen molar-refractivity contribution in [3.8, 4) is 0 Å². The lowest BCUT2D eigenvalue weighted by atomic mass is 10.1. The third-order valence-corrected chi connectivity index (χ3v) is 3.65. The van der Waals surface area contributed by atoms with Crippen LogP contribution in [0.5, 0.6) is 0 Å².